The lowest BCUT2D eigenvalue weighted by Gasteiger charge is -2.10. The summed E-state index contributed by atoms with van der Waals surface area (Å²) in [5.41, 5.74) is 2.20. The molecule has 0 saturated heterocycles. The van der Waals surface area contributed by atoms with Gasteiger partial charge in [-0.25, -0.2) is 0 Å². The standard InChI is InChI=1S/C24H27NO5/c1-16(2)25-19(9-5-17-7-11-21(27)23(13-17)29-3)15-20(26)10-6-18-8-12-22(28)24(14-18)30-4/h5-16,25,27-28H,1-4H3/b9-5+,10-6+,19-15-. The fourth-order valence-corrected chi connectivity index (χ4v) is 2.63. The number of ketones is 1. The Bertz CT molecular complexity index is 974. The summed E-state index contributed by atoms with van der Waals surface area (Å²) in [7, 11) is 2.96. The molecule has 0 aliphatic heterocycles. The molecule has 0 atom stereocenters. The predicted octanol–water partition coefficient (Wildman–Crippen LogP) is 4.29. The summed E-state index contributed by atoms with van der Waals surface area (Å²) in [5, 5.41) is 22.6. The zero-order chi connectivity index (χ0) is 22.1. The molecule has 0 radical (unpaired) electrons. The third kappa shape index (κ3) is 6.74. The van der Waals surface area contributed by atoms with Crippen LogP contribution in [-0.2, 0) is 4.79 Å². The third-order valence-corrected chi connectivity index (χ3v) is 4.06. The minimum atomic E-state index is -0.196. The average molecular weight is 409 g/mol. The molecule has 6 heteroatoms. The number of phenols is 2. The average Bonchev–Trinajstić information content (AvgIpc) is 2.72. The smallest absolute Gasteiger partial charge is 0.180 e. The highest BCUT2D eigenvalue weighted by Crippen LogP contribution is 2.27. The Balaban J connectivity index is 2.20. The van der Waals surface area contributed by atoms with Crippen LogP contribution in [0, 0.1) is 0 Å². The van der Waals surface area contributed by atoms with Gasteiger partial charge in [0.1, 0.15) is 0 Å². The predicted molar refractivity (Wildman–Crippen MR) is 119 cm³/mol. The van der Waals surface area contributed by atoms with Gasteiger partial charge in [-0.1, -0.05) is 24.3 Å². The number of phenolic OH excluding ortho intramolecular Hbond substituents is 2. The first-order valence-corrected chi connectivity index (χ1v) is 9.44. The molecule has 0 spiro atoms. The van der Waals surface area contributed by atoms with E-state index in [2.05, 4.69) is 5.32 Å². The van der Waals surface area contributed by atoms with Crippen molar-refractivity contribution in [3.05, 3.63) is 71.5 Å². The van der Waals surface area contributed by atoms with Crippen LogP contribution in [0.15, 0.2) is 60.3 Å². The molecular formula is C24H27NO5. The maximum absolute atomic E-state index is 12.4. The van der Waals surface area contributed by atoms with Crippen molar-refractivity contribution in [3.8, 4) is 23.0 Å². The third-order valence-electron chi connectivity index (χ3n) is 4.06. The second-order valence-electron chi connectivity index (χ2n) is 6.83. The summed E-state index contributed by atoms with van der Waals surface area (Å²) in [5.74, 6) is 0.632. The number of carbonyl (C=O) groups excluding carboxylic acids is 1. The number of hydrogen-bond acceptors (Lipinski definition) is 6. The van der Waals surface area contributed by atoms with Gasteiger partial charge in [-0.3, -0.25) is 4.79 Å². The lowest BCUT2D eigenvalue weighted by molar-refractivity contribution is -0.110. The number of aromatic hydroxyl groups is 2. The van der Waals surface area contributed by atoms with Crippen molar-refractivity contribution in [2.45, 2.75) is 19.9 Å². The summed E-state index contributed by atoms with van der Waals surface area (Å²) in [4.78, 5) is 12.4. The van der Waals surface area contributed by atoms with E-state index in [1.54, 1.807) is 42.5 Å². The highest BCUT2D eigenvalue weighted by atomic mass is 16.5. The van der Waals surface area contributed by atoms with Crippen LogP contribution in [0.5, 0.6) is 23.0 Å². The van der Waals surface area contributed by atoms with Gasteiger partial charge in [-0.05, 0) is 61.4 Å². The van der Waals surface area contributed by atoms with Gasteiger partial charge in [0.25, 0.3) is 0 Å². The van der Waals surface area contributed by atoms with Crippen LogP contribution in [-0.4, -0.2) is 36.3 Å². The largest absolute Gasteiger partial charge is 0.504 e. The van der Waals surface area contributed by atoms with Gasteiger partial charge < -0.3 is 25.0 Å². The van der Waals surface area contributed by atoms with Crippen molar-refractivity contribution in [3.63, 3.8) is 0 Å². The lowest BCUT2D eigenvalue weighted by Crippen LogP contribution is -2.21. The summed E-state index contributed by atoms with van der Waals surface area (Å²) < 4.78 is 10.2. The Kier molecular flexibility index (Phi) is 8.11. The second-order valence-corrected chi connectivity index (χ2v) is 6.83. The van der Waals surface area contributed by atoms with E-state index in [1.165, 1.54) is 32.4 Å². The van der Waals surface area contributed by atoms with Gasteiger partial charge in [0.2, 0.25) is 0 Å². The molecule has 2 aromatic rings. The van der Waals surface area contributed by atoms with E-state index in [-0.39, 0.29) is 23.3 Å². The van der Waals surface area contributed by atoms with E-state index in [9.17, 15) is 15.0 Å². The van der Waals surface area contributed by atoms with Gasteiger partial charge in [0.15, 0.2) is 28.8 Å². The van der Waals surface area contributed by atoms with E-state index in [1.807, 2.05) is 19.9 Å². The number of benzene rings is 2. The number of nitrogens with one attached hydrogen (secondary N) is 1. The highest BCUT2D eigenvalue weighted by Gasteiger charge is 2.04. The van der Waals surface area contributed by atoms with Crippen molar-refractivity contribution < 1.29 is 24.5 Å². The molecule has 3 N–H and O–H groups in total. The lowest BCUT2D eigenvalue weighted by atomic mass is 10.1. The molecule has 2 rings (SSSR count). The first-order valence-electron chi connectivity index (χ1n) is 9.44. The molecule has 6 nitrogen and oxygen atoms in total. The fraction of sp³-hybridized carbons (Fsp3) is 0.208. The minimum Gasteiger partial charge on any atom is -0.504 e. The molecule has 30 heavy (non-hydrogen) atoms. The Morgan fingerprint density at radius 2 is 1.40 bits per heavy atom. The molecule has 0 saturated carbocycles. The van der Waals surface area contributed by atoms with Gasteiger partial charge in [0, 0.05) is 17.8 Å². The van der Waals surface area contributed by atoms with E-state index < -0.39 is 0 Å². The van der Waals surface area contributed by atoms with Crippen LogP contribution in [0.3, 0.4) is 0 Å². The van der Waals surface area contributed by atoms with E-state index in [0.29, 0.717) is 17.2 Å². The maximum atomic E-state index is 12.4. The second kappa shape index (κ2) is 10.8. The topological polar surface area (TPSA) is 88.0 Å². The quantitative estimate of drug-likeness (QED) is 0.423. The van der Waals surface area contributed by atoms with Crippen LogP contribution in [0.2, 0.25) is 0 Å². The number of ether oxygens (including phenoxy) is 2. The molecule has 0 bridgehead atoms. The summed E-state index contributed by atoms with van der Waals surface area (Å²) in [6, 6.07) is 10.00. The Morgan fingerprint density at radius 1 is 0.900 bits per heavy atom. The van der Waals surface area contributed by atoms with E-state index in [0.717, 1.165) is 11.1 Å². The highest BCUT2D eigenvalue weighted by molar-refractivity contribution is 6.02. The molecule has 0 aliphatic rings. The van der Waals surface area contributed by atoms with Gasteiger partial charge >= 0.3 is 0 Å². The van der Waals surface area contributed by atoms with Crippen LogP contribution in [0.1, 0.15) is 25.0 Å². The molecular weight excluding hydrogens is 382 g/mol. The summed E-state index contributed by atoms with van der Waals surface area (Å²) in [6.07, 6.45) is 8.22. The molecule has 0 aliphatic carbocycles. The zero-order valence-electron chi connectivity index (χ0n) is 17.5. The maximum Gasteiger partial charge on any atom is 0.180 e. The Labute approximate surface area is 176 Å². The summed E-state index contributed by atoms with van der Waals surface area (Å²) in [6.45, 7) is 3.96. The van der Waals surface area contributed by atoms with Crippen molar-refractivity contribution in [2.24, 2.45) is 0 Å². The molecule has 2 aromatic carbocycles. The van der Waals surface area contributed by atoms with Crippen LogP contribution >= 0.6 is 0 Å². The number of rotatable bonds is 9. The Hall–Kier alpha value is -3.67. The zero-order valence-corrected chi connectivity index (χ0v) is 17.5. The SMILES string of the molecule is COc1cc(/C=C/C(=O)/C=C(/C=C/c2ccc(O)c(OC)c2)NC(C)C)ccc1O. The molecule has 0 heterocycles. The summed E-state index contributed by atoms with van der Waals surface area (Å²) >= 11 is 0. The minimum absolute atomic E-state index is 0.0419. The monoisotopic (exact) mass is 409 g/mol. The van der Waals surface area contributed by atoms with Gasteiger partial charge in [-0.15, -0.1) is 0 Å². The first-order chi connectivity index (χ1) is 14.3. The van der Waals surface area contributed by atoms with Crippen molar-refractivity contribution in [2.75, 3.05) is 14.2 Å². The van der Waals surface area contributed by atoms with Crippen molar-refractivity contribution in [1.29, 1.82) is 0 Å². The molecule has 0 fully saturated rings. The molecule has 0 amide bonds. The van der Waals surface area contributed by atoms with Crippen molar-refractivity contribution in [1.82, 2.24) is 5.32 Å². The van der Waals surface area contributed by atoms with Crippen molar-refractivity contribution >= 4 is 17.9 Å². The fourth-order valence-electron chi connectivity index (χ4n) is 2.63. The van der Waals surface area contributed by atoms with E-state index >= 15 is 0 Å². The number of carbonyl (C=O) groups is 1. The molecule has 0 unspecified atom stereocenters. The number of allylic oxidation sites excluding steroid dienone is 3. The number of methoxy groups -OCH3 is 2. The molecule has 158 valence electrons. The van der Waals surface area contributed by atoms with Crippen LogP contribution < -0.4 is 14.8 Å². The van der Waals surface area contributed by atoms with Crippen LogP contribution in [0.4, 0.5) is 0 Å². The van der Waals surface area contributed by atoms with E-state index in [4.69, 9.17) is 9.47 Å². The van der Waals surface area contributed by atoms with Gasteiger partial charge in [0.05, 0.1) is 14.2 Å². The molecule has 0 aromatic heterocycles. The number of hydrogen-bond donors (Lipinski definition) is 3. The first kappa shape index (κ1) is 22.6. The Morgan fingerprint density at radius 3 is 1.87 bits per heavy atom. The van der Waals surface area contributed by atoms with Crippen LogP contribution in [0.25, 0.3) is 12.2 Å². The normalized spacial score (nSPS) is 12.0. The van der Waals surface area contributed by atoms with Gasteiger partial charge in [-0.2, -0.15) is 0 Å².